The van der Waals surface area contributed by atoms with Crippen LogP contribution in [-0.4, -0.2) is 43.7 Å². The van der Waals surface area contributed by atoms with Gasteiger partial charge in [0, 0.05) is 23.1 Å². The van der Waals surface area contributed by atoms with Crippen LogP contribution in [0.2, 0.25) is 0 Å². The average molecular weight is 1590 g/mol. The number of hydrogen-bond donors (Lipinski definition) is 4. The summed E-state index contributed by atoms with van der Waals surface area (Å²) in [7, 11) is 0. The summed E-state index contributed by atoms with van der Waals surface area (Å²) >= 11 is 0. The number of hydrogen-bond acceptors (Lipinski definition) is 7. The predicted octanol–water partition coefficient (Wildman–Crippen LogP) is 27.6. The van der Waals surface area contributed by atoms with Crippen LogP contribution in [0, 0.1) is 55.2 Å². The van der Waals surface area contributed by atoms with E-state index in [1.54, 1.807) is 50.6 Å². The normalized spacial score (nSPS) is 24.0. The van der Waals surface area contributed by atoms with Gasteiger partial charge in [-0.1, -0.05) is 217 Å². The molecule has 8 fully saturated rings. The molecule has 0 aromatic heterocycles. The van der Waals surface area contributed by atoms with E-state index in [0.29, 0.717) is 33.4 Å². The molecule has 19 rings (SSSR count). The number of benzene rings is 9. The summed E-state index contributed by atoms with van der Waals surface area (Å²) in [5.74, 6) is 4.41. The molecule has 0 aliphatic heterocycles. The van der Waals surface area contributed by atoms with Crippen LogP contribution < -0.4 is 0 Å². The molecule has 4 N–H and O–H groups in total. The Hall–Kier alpha value is -9.15. The quantitative estimate of drug-likeness (QED) is 0.0586. The summed E-state index contributed by atoms with van der Waals surface area (Å²) in [6, 6.07) is 57.6. The van der Waals surface area contributed by atoms with Crippen molar-refractivity contribution in [3.05, 3.63) is 282 Å². The van der Waals surface area contributed by atoms with Crippen LogP contribution in [0.4, 0.5) is 4.39 Å². The summed E-state index contributed by atoms with van der Waals surface area (Å²) in [6.07, 6.45) is 21.3. The number of aliphatic hydroxyl groups is 2. The van der Waals surface area contributed by atoms with Crippen LogP contribution in [0.3, 0.4) is 0 Å². The SMILES string of the molecule is C.C.C.C/C(=C\c1ccc(C(=O)O)cc1)c1ccc(C)c(C23CC4CC(CC(C4)C2)C3)c1.CC(=O)c1ccc(/C(C)=C(\C)C(O)c2ccc3c(c2)C(C)(C)CCC3(C)C)cc1.CC(=O)c1ccc2cc(-c3ccc(O)c(C45CC6CC(CC(C6)C4)C5)c3)ccc2c1.Cc1ccc(CC(=O)C(O)c2ccc3c(c2)C(C)(C)CCC3(C)C)c(F)c1. The highest BCUT2D eigenvalue weighted by atomic mass is 19.1. The number of carbonyl (C=O) groups excluding carboxylic acids is 3. The van der Waals surface area contributed by atoms with Crippen LogP contribution >= 0.6 is 0 Å². The standard InChI is InChI=1S/C28H28O2.C27H30O2.C27H34O2.C24H29FO2.3CH4/c1-17(29)21-2-3-23-12-24(5-4-22(23)11-21)25-6-7-27(30)26(13-25)28-14-18-8-19(15-28)10-20(9-18)16-28;1-17-3-6-24(18(2)9-19-4-7-23(8-5-19)26(28)29)13-25(17)27-14-20-10-21(15-27)12-22(11-20)16-27;1-17(20-8-10-21(11-9-20)19(3)28)18(2)25(29)22-12-13-23-24(16-22)27(6,7)15-14-26(23,4)5;1-15-6-7-16(20(25)12-15)14-21(26)22(27)17-8-9-18-19(13-17)24(4,5)11-10-23(18,2)3;;;/h2-7,11-13,18-20,30H,8-10,14-16H2,1H3;3-9,13,20-22H,10-12,14-16H2,1-2H3,(H,28,29);8-13,16,25,29H,14-15H2,1-7H3;6-9,12-13,22,27H,10-11,14H2,1-5H3;3*1H4/b;18-9+;18-17+;;;;. The lowest BCUT2D eigenvalue weighted by Gasteiger charge is -2.57. The number of carbonyl (C=O) groups is 4. The van der Waals surface area contributed by atoms with Gasteiger partial charge in [-0.15, -0.1) is 0 Å². The number of fused-ring (bicyclic) bond motifs is 3. The van der Waals surface area contributed by atoms with E-state index in [0.717, 1.165) is 105 Å². The summed E-state index contributed by atoms with van der Waals surface area (Å²) in [6.45, 7) is 31.6. The lowest BCUT2D eigenvalue weighted by molar-refractivity contribution is -0.126. The number of aromatic hydroxyl groups is 1. The Bertz CT molecular complexity index is 5230. The third-order valence-corrected chi connectivity index (χ3v) is 29.0. The molecule has 9 aromatic carbocycles. The molecular formula is C109H133FO8. The Kier molecular flexibility index (Phi) is 26.5. The zero-order valence-electron chi connectivity index (χ0n) is 70.8. The number of phenolic OH excluding ortho intramolecular Hbond substituents is 1. The minimum Gasteiger partial charge on any atom is -0.508 e. The molecule has 0 amide bonds. The molecule has 9 heteroatoms. The van der Waals surface area contributed by atoms with Gasteiger partial charge in [-0.2, -0.15) is 0 Å². The molecule has 9 aromatic rings. The lowest BCUT2D eigenvalue weighted by Crippen LogP contribution is -2.48. The summed E-state index contributed by atoms with van der Waals surface area (Å²) in [5.41, 5.74) is 23.9. The number of carboxylic acids is 1. The van der Waals surface area contributed by atoms with E-state index in [-0.39, 0.29) is 73.1 Å². The first-order valence-corrected chi connectivity index (χ1v) is 42.6. The van der Waals surface area contributed by atoms with Crippen LogP contribution in [0.5, 0.6) is 5.75 Å². The second kappa shape index (κ2) is 34.9. The number of phenols is 1. The van der Waals surface area contributed by atoms with Crippen molar-refractivity contribution in [1.82, 2.24) is 0 Å². The minimum atomic E-state index is -1.24. The predicted molar refractivity (Wildman–Crippen MR) is 487 cm³/mol. The summed E-state index contributed by atoms with van der Waals surface area (Å²) < 4.78 is 14.1. The number of aromatic carboxylic acids is 1. The third-order valence-electron chi connectivity index (χ3n) is 29.0. The molecule has 10 aliphatic rings. The zero-order valence-corrected chi connectivity index (χ0v) is 70.8. The highest BCUT2D eigenvalue weighted by molar-refractivity contribution is 5.99. The molecule has 2 unspecified atom stereocenters. The van der Waals surface area contributed by atoms with E-state index in [2.05, 4.69) is 142 Å². The molecule has 0 radical (unpaired) electrons. The van der Waals surface area contributed by atoms with Crippen molar-refractivity contribution >= 4 is 51.3 Å². The Morgan fingerprint density at radius 1 is 0.424 bits per heavy atom. The number of carboxylic acid groups (broad SMARTS) is 1. The molecule has 0 spiro atoms. The number of allylic oxidation sites excluding steroid dienone is 2. The monoisotopic (exact) mass is 1590 g/mol. The maximum Gasteiger partial charge on any atom is 0.335 e. The first-order chi connectivity index (χ1) is 54.4. The van der Waals surface area contributed by atoms with Crippen LogP contribution in [0.1, 0.15) is 336 Å². The Balaban J connectivity index is 0.000000153. The molecule has 8 saturated carbocycles. The van der Waals surface area contributed by atoms with E-state index in [4.69, 9.17) is 5.11 Å². The molecular weight excluding hydrogens is 1460 g/mol. The van der Waals surface area contributed by atoms with E-state index < -0.39 is 24.0 Å². The second-order valence-electron chi connectivity index (χ2n) is 39.4. The highest BCUT2D eigenvalue weighted by Gasteiger charge is 2.54. The van der Waals surface area contributed by atoms with Gasteiger partial charge in [0.1, 0.15) is 23.8 Å². The highest BCUT2D eigenvalue weighted by Crippen LogP contribution is 2.64. The maximum absolute atomic E-state index is 14.1. The summed E-state index contributed by atoms with van der Waals surface area (Å²) in [4.78, 5) is 46.9. The van der Waals surface area contributed by atoms with Crippen molar-refractivity contribution in [1.29, 1.82) is 0 Å². The number of rotatable bonds is 15. The van der Waals surface area contributed by atoms with Gasteiger partial charge in [0.15, 0.2) is 17.3 Å². The van der Waals surface area contributed by atoms with E-state index in [9.17, 15) is 38.9 Å². The van der Waals surface area contributed by atoms with Gasteiger partial charge in [-0.3, -0.25) is 14.4 Å². The first kappa shape index (κ1) is 89.6. The van der Waals surface area contributed by atoms with Gasteiger partial charge < -0.3 is 20.4 Å². The lowest BCUT2D eigenvalue weighted by atomic mass is 9.47. The molecule has 0 heterocycles. The van der Waals surface area contributed by atoms with Gasteiger partial charge in [0.05, 0.1) is 5.56 Å². The van der Waals surface area contributed by atoms with Crippen LogP contribution in [0.25, 0.3) is 39.1 Å². The van der Waals surface area contributed by atoms with Gasteiger partial charge in [-0.25, -0.2) is 9.18 Å². The fourth-order valence-electron chi connectivity index (χ4n) is 22.6. The van der Waals surface area contributed by atoms with Crippen LogP contribution in [0.15, 0.2) is 181 Å². The Morgan fingerprint density at radius 2 is 0.847 bits per heavy atom. The number of halogens is 1. The summed E-state index contributed by atoms with van der Waals surface area (Å²) in [5, 5.41) is 44.0. The molecule has 118 heavy (non-hydrogen) atoms. The Morgan fingerprint density at radius 3 is 1.34 bits per heavy atom. The second-order valence-corrected chi connectivity index (χ2v) is 39.4. The molecule has 8 nitrogen and oxygen atoms in total. The van der Waals surface area contributed by atoms with E-state index >= 15 is 0 Å². The molecule has 8 bridgehead atoms. The van der Waals surface area contributed by atoms with E-state index in [1.807, 2.05) is 92.7 Å². The number of Topliss-reactive ketones (excluding diaryl/α,β-unsaturated/α-hetero) is 3. The topological polar surface area (TPSA) is 149 Å². The molecule has 10 aliphatic carbocycles. The van der Waals surface area contributed by atoms with Crippen molar-refractivity contribution in [3.8, 4) is 16.9 Å². The fraction of sp³-hybridized carbons (Fsp3) is 0.450. The van der Waals surface area contributed by atoms with Gasteiger partial charge in [0.2, 0.25) is 0 Å². The smallest absolute Gasteiger partial charge is 0.335 e. The molecule has 0 saturated heterocycles. The molecule has 2 atom stereocenters. The van der Waals surface area contributed by atoms with Crippen molar-refractivity contribution < 1.29 is 44.0 Å². The first-order valence-electron chi connectivity index (χ1n) is 42.6. The number of aryl methyl sites for hydroxylation is 2. The number of aliphatic hydroxyl groups excluding tert-OH is 2. The maximum atomic E-state index is 14.1. The fourth-order valence-corrected chi connectivity index (χ4v) is 22.6. The van der Waals surface area contributed by atoms with E-state index in [1.165, 1.54) is 145 Å². The van der Waals surface area contributed by atoms with Gasteiger partial charge in [-0.05, 0) is 373 Å². The van der Waals surface area contributed by atoms with Crippen molar-refractivity contribution in [3.63, 3.8) is 0 Å². The van der Waals surface area contributed by atoms with Gasteiger partial charge in [0.25, 0.3) is 0 Å². The Labute approximate surface area is 705 Å². The van der Waals surface area contributed by atoms with Crippen LogP contribution in [-0.2, 0) is 43.7 Å². The molecule has 624 valence electrons. The average Bonchev–Trinajstić information content (AvgIpc) is 0.729. The third kappa shape index (κ3) is 18.6. The zero-order chi connectivity index (χ0) is 82.2. The largest absolute Gasteiger partial charge is 0.508 e. The number of ketones is 3. The van der Waals surface area contributed by atoms with Crippen molar-refractivity contribution in [2.24, 2.45) is 35.5 Å². The van der Waals surface area contributed by atoms with Crippen molar-refractivity contribution in [2.45, 2.75) is 280 Å². The van der Waals surface area contributed by atoms with Crippen molar-refractivity contribution in [2.75, 3.05) is 0 Å². The van der Waals surface area contributed by atoms with Gasteiger partial charge >= 0.3 is 5.97 Å². The minimum absolute atomic E-state index is 0.